The molecule has 1 fully saturated rings. The van der Waals surface area contributed by atoms with Crippen LogP contribution in [-0.4, -0.2) is 36.3 Å². The zero-order chi connectivity index (χ0) is 18.7. The number of halogens is 1. The highest BCUT2D eigenvalue weighted by atomic mass is 35.5. The van der Waals surface area contributed by atoms with Crippen LogP contribution in [0.25, 0.3) is 0 Å². The van der Waals surface area contributed by atoms with Crippen molar-refractivity contribution in [3.8, 4) is 0 Å². The first-order valence-electron chi connectivity index (χ1n) is 9.04. The third-order valence-corrected chi connectivity index (χ3v) is 4.83. The van der Waals surface area contributed by atoms with Crippen LogP contribution in [0.15, 0.2) is 18.2 Å². The molecule has 0 aliphatic carbocycles. The first-order chi connectivity index (χ1) is 11.7. The van der Waals surface area contributed by atoms with Crippen LogP contribution in [-0.2, 0) is 9.59 Å². The standard InChI is InChI=1S/C20H29ClN2O2/c1-13(2)10-22(11-14(3)4)20(25)16-8-19(24)23(12-16)17-7-6-15(5)18(21)9-17/h6-7,9,13-14,16H,8,10-12H2,1-5H3/t16-/m0/s1. The van der Waals surface area contributed by atoms with Gasteiger partial charge in [0.05, 0.1) is 5.92 Å². The van der Waals surface area contributed by atoms with Crippen LogP contribution in [0.3, 0.4) is 0 Å². The van der Waals surface area contributed by atoms with Gasteiger partial charge in [0.1, 0.15) is 0 Å². The summed E-state index contributed by atoms with van der Waals surface area (Å²) < 4.78 is 0. The van der Waals surface area contributed by atoms with E-state index in [2.05, 4.69) is 27.7 Å². The summed E-state index contributed by atoms with van der Waals surface area (Å²) >= 11 is 6.19. The van der Waals surface area contributed by atoms with E-state index in [0.29, 0.717) is 23.4 Å². The van der Waals surface area contributed by atoms with Gasteiger partial charge in [-0.05, 0) is 36.5 Å². The van der Waals surface area contributed by atoms with Gasteiger partial charge in [0.25, 0.3) is 0 Å². The summed E-state index contributed by atoms with van der Waals surface area (Å²) in [6.07, 6.45) is 0.275. The van der Waals surface area contributed by atoms with Gasteiger partial charge >= 0.3 is 0 Å². The normalized spacial score (nSPS) is 17.7. The van der Waals surface area contributed by atoms with Crippen LogP contribution in [0.2, 0.25) is 5.02 Å². The summed E-state index contributed by atoms with van der Waals surface area (Å²) in [5.74, 6) is 0.632. The van der Waals surface area contributed by atoms with Gasteiger partial charge in [0.2, 0.25) is 11.8 Å². The molecule has 1 aromatic rings. The van der Waals surface area contributed by atoms with Crippen molar-refractivity contribution in [2.75, 3.05) is 24.5 Å². The second-order valence-corrected chi connectivity index (χ2v) is 8.28. The predicted octanol–water partition coefficient (Wildman–Crippen LogP) is 4.14. The van der Waals surface area contributed by atoms with E-state index in [1.165, 1.54) is 0 Å². The van der Waals surface area contributed by atoms with Crippen molar-refractivity contribution < 1.29 is 9.59 Å². The molecule has 4 nitrogen and oxygen atoms in total. The van der Waals surface area contributed by atoms with Crippen molar-refractivity contribution in [1.29, 1.82) is 0 Å². The predicted molar refractivity (Wildman–Crippen MR) is 103 cm³/mol. The molecule has 0 saturated carbocycles. The zero-order valence-electron chi connectivity index (χ0n) is 15.9. The van der Waals surface area contributed by atoms with Gasteiger partial charge in [0.15, 0.2) is 0 Å². The van der Waals surface area contributed by atoms with Crippen molar-refractivity contribution in [1.82, 2.24) is 4.90 Å². The Balaban J connectivity index is 2.13. The largest absolute Gasteiger partial charge is 0.342 e. The Bertz CT molecular complexity index is 633. The molecule has 1 aliphatic heterocycles. The molecule has 0 bridgehead atoms. The lowest BCUT2D eigenvalue weighted by Crippen LogP contribution is -2.41. The average Bonchev–Trinajstić information content (AvgIpc) is 2.89. The van der Waals surface area contributed by atoms with E-state index in [-0.39, 0.29) is 24.2 Å². The number of benzene rings is 1. The number of anilines is 1. The second-order valence-electron chi connectivity index (χ2n) is 7.87. The topological polar surface area (TPSA) is 40.6 Å². The Morgan fingerprint density at radius 3 is 2.36 bits per heavy atom. The highest BCUT2D eigenvalue weighted by Gasteiger charge is 2.37. The number of amides is 2. The van der Waals surface area contributed by atoms with Crippen molar-refractivity contribution >= 4 is 29.1 Å². The minimum absolute atomic E-state index is 0.00712. The van der Waals surface area contributed by atoms with Gasteiger partial charge in [-0.2, -0.15) is 0 Å². The van der Waals surface area contributed by atoms with E-state index in [4.69, 9.17) is 11.6 Å². The van der Waals surface area contributed by atoms with Crippen molar-refractivity contribution in [3.63, 3.8) is 0 Å². The summed E-state index contributed by atoms with van der Waals surface area (Å²) in [6, 6.07) is 5.61. The number of carbonyl (C=O) groups is 2. The van der Waals surface area contributed by atoms with Gasteiger partial charge < -0.3 is 9.80 Å². The van der Waals surface area contributed by atoms with E-state index in [1.54, 1.807) is 4.90 Å². The van der Waals surface area contributed by atoms with Crippen LogP contribution in [0.4, 0.5) is 5.69 Å². The summed E-state index contributed by atoms with van der Waals surface area (Å²) in [5, 5.41) is 0.640. The van der Waals surface area contributed by atoms with Crippen LogP contribution < -0.4 is 4.90 Å². The molecule has 2 amide bonds. The minimum Gasteiger partial charge on any atom is -0.342 e. The third kappa shape index (κ3) is 4.97. The Labute approximate surface area is 156 Å². The molecule has 0 spiro atoms. The van der Waals surface area contributed by atoms with Crippen molar-refractivity contribution in [2.45, 2.75) is 41.0 Å². The fraction of sp³-hybridized carbons (Fsp3) is 0.600. The van der Waals surface area contributed by atoms with Crippen molar-refractivity contribution in [3.05, 3.63) is 28.8 Å². The zero-order valence-corrected chi connectivity index (χ0v) is 16.6. The summed E-state index contributed by atoms with van der Waals surface area (Å²) in [6.45, 7) is 12.3. The molecule has 1 saturated heterocycles. The first-order valence-corrected chi connectivity index (χ1v) is 9.42. The van der Waals surface area contributed by atoms with Gasteiger partial charge in [-0.15, -0.1) is 0 Å². The van der Waals surface area contributed by atoms with Gasteiger partial charge in [-0.1, -0.05) is 45.4 Å². The number of hydrogen-bond acceptors (Lipinski definition) is 2. The molecule has 138 valence electrons. The Hall–Kier alpha value is -1.55. The second kappa shape index (κ2) is 8.22. The maximum absolute atomic E-state index is 13.0. The van der Waals surface area contributed by atoms with Gasteiger partial charge in [0, 0.05) is 36.8 Å². The molecule has 0 radical (unpaired) electrons. The van der Waals surface area contributed by atoms with Gasteiger partial charge in [-0.3, -0.25) is 9.59 Å². The van der Waals surface area contributed by atoms with Gasteiger partial charge in [-0.25, -0.2) is 0 Å². The molecule has 25 heavy (non-hydrogen) atoms. The number of rotatable bonds is 6. The highest BCUT2D eigenvalue weighted by Crippen LogP contribution is 2.29. The SMILES string of the molecule is Cc1ccc(N2C[C@@H](C(=O)N(CC(C)C)CC(C)C)CC2=O)cc1Cl. The molecule has 1 aliphatic rings. The minimum atomic E-state index is -0.273. The molecular formula is C20H29ClN2O2. The summed E-state index contributed by atoms with van der Waals surface area (Å²) in [5.41, 5.74) is 1.75. The van der Waals surface area contributed by atoms with Crippen LogP contribution >= 0.6 is 11.6 Å². The monoisotopic (exact) mass is 364 g/mol. The first kappa shape index (κ1) is 19.8. The van der Waals surface area contributed by atoms with Crippen LogP contribution in [0.1, 0.15) is 39.7 Å². The van der Waals surface area contributed by atoms with E-state index < -0.39 is 0 Å². The Kier molecular flexibility index (Phi) is 6.50. The van der Waals surface area contributed by atoms with E-state index in [0.717, 1.165) is 24.3 Å². The molecule has 1 atom stereocenters. The van der Waals surface area contributed by atoms with E-state index in [1.807, 2.05) is 30.0 Å². The molecule has 0 aromatic heterocycles. The molecule has 5 heteroatoms. The average molecular weight is 365 g/mol. The molecular weight excluding hydrogens is 336 g/mol. The third-order valence-electron chi connectivity index (χ3n) is 4.42. The Morgan fingerprint density at radius 1 is 1.24 bits per heavy atom. The molecule has 0 unspecified atom stereocenters. The van der Waals surface area contributed by atoms with Crippen LogP contribution in [0.5, 0.6) is 0 Å². The lowest BCUT2D eigenvalue weighted by atomic mass is 10.0. The van der Waals surface area contributed by atoms with E-state index >= 15 is 0 Å². The van der Waals surface area contributed by atoms with Crippen LogP contribution in [0, 0.1) is 24.7 Å². The smallest absolute Gasteiger partial charge is 0.228 e. The molecule has 2 rings (SSSR count). The Morgan fingerprint density at radius 2 is 1.84 bits per heavy atom. The lowest BCUT2D eigenvalue weighted by molar-refractivity contribution is -0.136. The fourth-order valence-electron chi connectivity index (χ4n) is 3.27. The van der Waals surface area contributed by atoms with E-state index in [9.17, 15) is 9.59 Å². The number of aryl methyl sites for hydroxylation is 1. The summed E-state index contributed by atoms with van der Waals surface area (Å²) in [4.78, 5) is 29.1. The maximum Gasteiger partial charge on any atom is 0.228 e. The quantitative estimate of drug-likeness (QED) is 0.761. The number of carbonyl (C=O) groups excluding carboxylic acids is 2. The van der Waals surface area contributed by atoms with Crippen molar-refractivity contribution in [2.24, 2.45) is 17.8 Å². The number of nitrogens with zero attached hydrogens (tertiary/aromatic N) is 2. The number of hydrogen-bond donors (Lipinski definition) is 0. The molecule has 1 heterocycles. The fourth-order valence-corrected chi connectivity index (χ4v) is 3.44. The summed E-state index contributed by atoms with van der Waals surface area (Å²) in [7, 11) is 0. The molecule has 0 N–H and O–H groups in total. The maximum atomic E-state index is 13.0. The highest BCUT2D eigenvalue weighted by molar-refractivity contribution is 6.31. The lowest BCUT2D eigenvalue weighted by Gasteiger charge is -2.28. The molecule has 1 aromatic carbocycles.